The monoisotopic (exact) mass is 437 g/mol. The Balaban J connectivity index is 1.50. The number of hydrogen-bond acceptors (Lipinski definition) is 4. The SMILES string of the molecule is O=C1Nc2ccc(F)cc2/C1=C/c1[nH]c2c(c1CCC(=O)N1CCOCC1)C(=O)CCC2. The van der Waals surface area contributed by atoms with Gasteiger partial charge in [0.1, 0.15) is 5.82 Å². The number of anilines is 1. The first-order chi connectivity index (χ1) is 15.5. The molecular formula is C24H24FN3O4. The number of rotatable bonds is 4. The average molecular weight is 437 g/mol. The molecule has 0 saturated carbocycles. The largest absolute Gasteiger partial charge is 0.378 e. The molecule has 7 nitrogen and oxygen atoms in total. The highest BCUT2D eigenvalue weighted by Crippen LogP contribution is 2.36. The van der Waals surface area contributed by atoms with Crippen molar-refractivity contribution in [1.82, 2.24) is 9.88 Å². The predicted molar refractivity (Wildman–Crippen MR) is 117 cm³/mol. The lowest BCUT2D eigenvalue weighted by atomic mass is 9.91. The molecule has 1 aromatic carbocycles. The Morgan fingerprint density at radius 2 is 2.00 bits per heavy atom. The molecule has 2 amide bonds. The van der Waals surface area contributed by atoms with Gasteiger partial charge in [-0.2, -0.15) is 0 Å². The minimum atomic E-state index is -0.427. The van der Waals surface area contributed by atoms with E-state index in [-0.39, 0.29) is 24.0 Å². The number of ether oxygens (including phenoxy) is 1. The smallest absolute Gasteiger partial charge is 0.256 e. The van der Waals surface area contributed by atoms with Crippen molar-refractivity contribution in [1.29, 1.82) is 0 Å². The molecule has 2 aromatic rings. The Hall–Kier alpha value is -3.26. The van der Waals surface area contributed by atoms with Crippen LogP contribution >= 0.6 is 0 Å². The molecule has 3 heterocycles. The van der Waals surface area contributed by atoms with Crippen molar-refractivity contribution in [3.05, 3.63) is 52.1 Å². The van der Waals surface area contributed by atoms with Crippen molar-refractivity contribution in [2.24, 2.45) is 0 Å². The third kappa shape index (κ3) is 3.75. The van der Waals surface area contributed by atoms with Crippen molar-refractivity contribution in [2.45, 2.75) is 32.1 Å². The lowest BCUT2D eigenvalue weighted by Gasteiger charge is -2.27. The summed E-state index contributed by atoms with van der Waals surface area (Å²) in [6.07, 6.45) is 4.32. The van der Waals surface area contributed by atoms with Gasteiger partial charge in [0.2, 0.25) is 5.91 Å². The fraction of sp³-hybridized carbons (Fsp3) is 0.375. The minimum absolute atomic E-state index is 0.0242. The van der Waals surface area contributed by atoms with Crippen LogP contribution in [-0.4, -0.2) is 53.8 Å². The minimum Gasteiger partial charge on any atom is -0.378 e. The number of fused-ring (bicyclic) bond motifs is 2. The number of carbonyl (C=O) groups excluding carboxylic acids is 3. The first kappa shape index (κ1) is 20.6. The van der Waals surface area contributed by atoms with Gasteiger partial charge in [-0.25, -0.2) is 4.39 Å². The van der Waals surface area contributed by atoms with Crippen LogP contribution < -0.4 is 5.32 Å². The highest BCUT2D eigenvalue weighted by atomic mass is 19.1. The van der Waals surface area contributed by atoms with Gasteiger partial charge in [0, 0.05) is 54.1 Å². The van der Waals surface area contributed by atoms with Crippen molar-refractivity contribution in [3.63, 3.8) is 0 Å². The van der Waals surface area contributed by atoms with Gasteiger partial charge in [0.15, 0.2) is 5.78 Å². The molecule has 1 saturated heterocycles. The van der Waals surface area contributed by atoms with E-state index in [1.165, 1.54) is 18.2 Å². The van der Waals surface area contributed by atoms with Crippen molar-refractivity contribution >= 4 is 34.9 Å². The lowest BCUT2D eigenvalue weighted by molar-refractivity contribution is -0.135. The first-order valence-corrected chi connectivity index (χ1v) is 11.0. The molecule has 166 valence electrons. The second-order valence-electron chi connectivity index (χ2n) is 8.34. The third-order valence-electron chi connectivity index (χ3n) is 6.33. The highest BCUT2D eigenvalue weighted by molar-refractivity contribution is 6.35. The van der Waals surface area contributed by atoms with Crippen LogP contribution in [0.15, 0.2) is 18.2 Å². The van der Waals surface area contributed by atoms with Crippen LogP contribution in [0, 0.1) is 5.82 Å². The summed E-state index contributed by atoms with van der Waals surface area (Å²) in [6, 6.07) is 4.17. The number of morpholine rings is 1. The molecular weight excluding hydrogens is 413 g/mol. The number of H-pyrrole nitrogens is 1. The quantitative estimate of drug-likeness (QED) is 0.720. The van der Waals surface area contributed by atoms with E-state index in [1.54, 1.807) is 11.0 Å². The van der Waals surface area contributed by atoms with E-state index in [2.05, 4.69) is 10.3 Å². The van der Waals surface area contributed by atoms with E-state index in [1.807, 2.05) is 0 Å². The maximum absolute atomic E-state index is 13.8. The summed E-state index contributed by atoms with van der Waals surface area (Å²) >= 11 is 0. The fourth-order valence-corrected chi connectivity index (χ4v) is 4.73. The number of benzene rings is 1. The maximum atomic E-state index is 13.8. The van der Waals surface area contributed by atoms with E-state index < -0.39 is 5.82 Å². The molecule has 0 radical (unpaired) electrons. The summed E-state index contributed by atoms with van der Waals surface area (Å²) in [6.45, 7) is 2.21. The number of halogens is 1. The van der Waals surface area contributed by atoms with Crippen LogP contribution in [0.25, 0.3) is 11.6 Å². The standard InChI is InChI=1S/C24H24FN3O4/c25-14-4-6-18-16(12-14)17(24(31)27-18)13-20-15(23-19(26-20)2-1-3-21(23)29)5-7-22(30)28-8-10-32-11-9-28/h4,6,12-13,26H,1-3,5,7-11H2,(H,27,31)/b17-13-. The van der Waals surface area contributed by atoms with E-state index in [4.69, 9.17) is 4.74 Å². The topological polar surface area (TPSA) is 91.5 Å². The molecule has 2 aliphatic heterocycles. The number of aryl methyl sites for hydroxylation is 1. The van der Waals surface area contributed by atoms with Crippen molar-refractivity contribution < 1.29 is 23.5 Å². The maximum Gasteiger partial charge on any atom is 0.256 e. The van der Waals surface area contributed by atoms with Gasteiger partial charge in [0.25, 0.3) is 5.91 Å². The number of nitrogens with zero attached hydrogens (tertiary/aromatic N) is 1. The molecule has 8 heteroatoms. The van der Waals surface area contributed by atoms with Gasteiger partial charge in [-0.3, -0.25) is 14.4 Å². The van der Waals surface area contributed by atoms with Crippen LogP contribution in [0.1, 0.15) is 52.1 Å². The average Bonchev–Trinajstić information content (AvgIpc) is 3.30. The molecule has 3 aliphatic rings. The van der Waals surface area contributed by atoms with E-state index in [0.717, 1.165) is 24.1 Å². The summed E-state index contributed by atoms with van der Waals surface area (Å²) < 4.78 is 19.1. The van der Waals surface area contributed by atoms with Gasteiger partial charge >= 0.3 is 0 Å². The van der Waals surface area contributed by atoms with Gasteiger partial charge in [-0.1, -0.05) is 0 Å². The van der Waals surface area contributed by atoms with Gasteiger partial charge < -0.3 is 19.9 Å². The van der Waals surface area contributed by atoms with Crippen LogP contribution in [0.4, 0.5) is 10.1 Å². The number of nitrogens with one attached hydrogen (secondary N) is 2. The van der Waals surface area contributed by atoms with Crippen LogP contribution in [0.3, 0.4) is 0 Å². The number of aromatic amines is 1. The number of carbonyl (C=O) groups is 3. The van der Waals surface area contributed by atoms with E-state index in [0.29, 0.717) is 67.2 Å². The molecule has 1 aliphatic carbocycles. The van der Waals surface area contributed by atoms with Crippen LogP contribution in [0.2, 0.25) is 0 Å². The molecule has 0 spiro atoms. The number of Topliss-reactive ketones (excluding diaryl/α,β-unsaturated/α-hetero) is 1. The number of ketones is 1. The molecule has 5 rings (SSSR count). The van der Waals surface area contributed by atoms with Crippen molar-refractivity contribution in [2.75, 3.05) is 31.6 Å². The Morgan fingerprint density at radius 1 is 1.19 bits per heavy atom. The molecule has 0 atom stereocenters. The molecule has 1 fully saturated rings. The number of amides is 2. The lowest BCUT2D eigenvalue weighted by Crippen LogP contribution is -2.40. The second kappa shape index (κ2) is 8.35. The second-order valence-corrected chi connectivity index (χ2v) is 8.34. The fourth-order valence-electron chi connectivity index (χ4n) is 4.73. The molecule has 0 unspecified atom stereocenters. The Morgan fingerprint density at radius 3 is 2.81 bits per heavy atom. The summed E-state index contributed by atoms with van der Waals surface area (Å²) in [5.41, 5.74) is 4.28. The molecule has 0 bridgehead atoms. The molecule has 32 heavy (non-hydrogen) atoms. The molecule has 2 N–H and O–H groups in total. The summed E-state index contributed by atoms with van der Waals surface area (Å²) in [4.78, 5) is 43.1. The van der Waals surface area contributed by atoms with Gasteiger partial charge in [-0.05, 0) is 49.1 Å². The van der Waals surface area contributed by atoms with E-state index in [9.17, 15) is 18.8 Å². The zero-order chi connectivity index (χ0) is 22.2. The molecule has 1 aromatic heterocycles. The van der Waals surface area contributed by atoms with Crippen molar-refractivity contribution in [3.8, 4) is 0 Å². The summed E-state index contributed by atoms with van der Waals surface area (Å²) in [5, 5.41) is 2.75. The summed E-state index contributed by atoms with van der Waals surface area (Å²) in [5.74, 6) is -0.664. The summed E-state index contributed by atoms with van der Waals surface area (Å²) in [7, 11) is 0. The van der Waals surface area contributed by atoms with Gasteiger partial charge in [0.05, 0.1) is 18.8 Å². The highest BCUT2D eigenvalue weighted by Gasteiger charge is 2.29. The normalized spacial score (nSPS) is 19.2. The van der Waals surface area contributed by atoms with Crippen LogP contribution in [0.5, 0.6) is 0 Å². The Kier molecular flexibility index (Phi) is 5.38. The van der Waals surface area contributed by atoms with Crippen LogP contribution in [-0.2, 0) is 27.2 Å². The van der Waals surface area contributed by atoms with Gasteiger partial charge in [-0.15, -0.1) is 0 Å². The first-order valence-electron chi connectivity index (χ1n) is 11.0. The Bertz CT molecular complexity index is 1140. The third-order valence-corrected chi connectivity index (χ3v) is 6.33. The van der Waals surface area contributed by atoms with E-state index >= 15 is 0 Å². The zero-order valence-electron chi connectivity index (χ0n) is 17.6. The number of aromatic nitrogens is 1. The number of hydrogen-bond donors (Lipinski definition) is 2. The zero-order valence-corrected chi connectivity index (χ0v) is 17.6. The predicted octanol–water partition coefficient (Wildman–Crippen LogP) is 2.96. The Labute approximate surface area is 184 Å².